The fourth-order valence-electron chi connectivity index (χ4n) is 4.00. The van der Waals surface area contributed by atoms with Gasteiger partial charge in [-0.1, -0.05) is 36.8 Å². The Morgan fingerprint density at radius 3 is 2.65 bits per heavy atom. The number of fused-ring (bicyclic) bond motifs is 2. The summed E-state index contributed by atoms with van der Waals surface area (Å²) >= 11 is 6.32. The fraction of sp³-hybridized carbons (Fsp3) is 0.588. The molecule has 3 heteroatoms. The Labute approximate surface area is 126 Å². The molecule has 2 fully saturated rings. The fourth-order valence-corrected chi connectivity index (χ4v) is 4.31. The lowest BCUT2D eigenvalue weighted by Gasteiger charge is -2.28. The largest absolute Gasteiger partial charge is 0.344 e. The topological polar surface area (TPSA) is 20.3 Å². The summed E-state index contributed by atoms with van der Waals surface area (Å²) in [7, 11) is 1.90. The van der Waals surface area contributed by atoms with Gasteiger partial charge in [-0.3, -0.25) is 4.79 Å². The molecule has 0 heterocycles. The molecule has 2 aliphatic rings. The Morgan fingerprint density at radius 2 is 2.05 bits per heavy atom. The van der Waals surface area contributed by atoms with Crippen LogP contribution in [0, 0.1) is 17.8 Å². The number of hydrogen-bond acceptors (Lipinski definition) is 1. The van der Waals surface area contributed by atoms with Crippen molar-refractivity contribution in [3.63, 3.8) is 0 Å². The number of amides is 1. The number of nitrogens with zero attached hydrogens (tertiary/aromatic N) is 1. The Morgan fingerprint density at radius 1 is 1.30 bits per heavy atom. The molecule has 0 N–H and O–H groups in total. The first-order chi connectivity index (χ1) is 9.65. The van der Waals surface area contributed by atoms with Gasteiger partial charge in [-0.05, 0) is 42.6 Å². The Bertz CT molecular complexity index is 475. The number of benzene rings is 1. The van der Waals surface area contributed by atoms with Gasteiger partial charge in [0.05, 0.1) is 0 Å². The van der Waals surface area contributed by atoms with Crippen LogP contribution in [0.1, 0.15) is 36.6 Å². The summed E-state index contributed by atoms with van der Waals surface area (Å²) in [5, 5.41) is -0.556. The summed E-state index contributed by atoms with van der Waals surface area (Å²) in [6.07, 6.45) is 5.46. The highest BCUT2D eigenvalue weighted by atomic mass is 35.5. The maximum atomic E-state index is 12.4. The molecule has 0 aliphatic heterocycles. The zero-order chi connectivity index (χ0) is 14.1. The molecule has 2 bridgehead atoms. The van der Waals surface area contributed by atoms with Gasteiger partial charge in [0.2, 0.25) is 5.91 Å². The van der Waals surface area contributed by atoms with Gasteiger partial charge in [-0.15, -0.1) is 11.6 Å². The van der Waals surface area contributed by atoms with Gasteiger partial charge in [-0.25, -0.2) is 0 Å². The van der Waals surface area contributed by atoms with Crippen LogP contribution in [-0.2, 0) is 4.79 Å². The highest BCUT2D eigenvalue weighted by Crippen LogP contribution is 2.48. The third-order valence-electron chi connectivity index (χ3n) is 5.08. The number of carbonyl (C=O) groups excluding carboxylic acids is 1. The standard InChI is InChI=1S/C17H22ClNO/c1-19(11-15-10-12-7-8-14(15)9-12)17(20)16(18)13-5-3-2-4-6-13/h2-6,12,14-16H,7-11H2,1H3. The predicted octanol–water partition coefficient (Wildman–Crippen LogP) is 3.86. The average Bonchev–Trinajstić information content (AvgIpc) is 3.09. The zero-order valence-corrected chi connectivity index (χ0v) is 12.7. The zero-order valence-electron chi connectivity index (χ0n) is 12.0. The van der Waals surface area contributed by atoms with Crippen LogP contribution in [-0.4, -0.2) is 24.4 Å². The van der Waals surface area contributed by atoms with Crippen molar-refractivity contribution >= 4 is 17.5 Å². The minimum absolute atomic E-state index is 0.0284. The third-order valence-corrected chi connectivity index (χ3v) is 5.52. The molecule has 1 aromatic carbocycles. The second kappa shape index (κ2) is 5.77. The summed E-state index contributed by atoms with van der Waals surface area (Å²) in [5.41, 5.74) is 0.888. The maximum Gasteiger partial charge on any atom is 0.244 e. The van der Waals surface area contributed by atoms with Gasteiger partial charge in [0.1, 0.15) is 5.38 Å². The molecule has 4 atom stereocenters. The van der Waals surface area contributed by atoms with Crippen molar-refractivity contribution in [2.45, 2.75) is 31.1 Å². The molecule has 0 spiro atoms. The van der Waals surface area contributed by atoms with E-state index in [1.807, 2.05) is 42.3 Å². The normalized spacial score (nSPS) is 29.4. The molecule has 0 radical (unpaired) electrons. The smallest absolute Gasteiger partial charge is 0.244 e. The minimum atomic E-state index is -0.556. The average molecular weight is 292 g/mol. The van der Waals surface area contributed by atoms with Gasteiger partial charge in [0.25, 0.3) is 0 Å². The monoisotopic (exact) mass is 291 g/mol. The van der Waals surface area contributed by atoms with Gasteiger partial charge in [0, 0.05) is 13.6 Å². The summed E-state index contributed by atoms with van der Waals surface area (Å²) in [6, 6.07) is 9.63. The molecule has 2 aliphatic carbocycles. The maximum absolute atomic E-state index is 12.4. The van der Waals surface area contributed by atoms with E-state index in [-0.39, 0.29) is 5.91 Å². The van der Waals surface area contributed by atoms with Crippen molar-refractivity contribution in [1.29, 1.82) is 0 Å². The molecule has 108 valence electrons. The van der Waals surface area contributed by atoms with Gasteiger partial charge in [0.15, 0.2) is 0 Å². The molecule has 20 heavy (non-hydrogen) atoms. The lowest BCUT2D eigenvalue weighted by molar-refractivity contribution is -0.130. The first-order valence-electron chi connectivity index (χ1n) is 7.59. The van der Waals surface area contributed by atoms with Crippen molar-refractivity contribution in [3.8, 4) is 0 Å². The van der Waals surface area contributed by atoms with E-state index < -0.39 is 5.38 Å². The second-order valence-electron chi connectivity index (χ2n) is 6.43. The van der Waals surface area contributed by atoms with Crippen LogP contribution in [0.5, 0.6) is 0 Å². The summed E-state index contributed by atoms with van der Waals surface area (Å²) in [6.45, 7) is 0.871. The lowest BCUT2D eigenvalue weighted by atomic mass is 9.88. The van der Waals surface area contributed by atoms with Crippen LogP contribution >= 0.6 is 11.6 Å². The summed E-state index contributed by atoms with van der Waals surface area (Å²) < 4.78 is 0. The van der Waals surface area contributed by atoms with Crippen molar-refractivity contribution < 1.29 is 4.79 Å². The van der Waals surface area contributed by atoms with Gasteiger partial charge in [-0.2, -0.15) is 0 Å². The number of halogens is 1. The highest BCUT2D eigenvalue weighted by Gasteiger charge is 2.40. The molecule has 3 rings (SSSR count). The molecule has 4 unspecified atom stereocenters. The molecule has 0 aromatic heterocycles. The van der Waals surface area contributed by atoms with E-state index in [1.165, 1.54) is 25.7 Å². The predicted molar refractivity (Wildman–Crippen MR) is 81.6 cm³/mol. The van der Waals surface area contributed by atoms with Crippen LogP contribution in [0.2, 0.25) is 0 Å². The Kier molecular flexibility index (Phi) is 4.02. The third kappa shape index (κ3) is 2.71. The minimum Gasteiger partial charge on any atom is -0.344 e. The summed E-state index contributed by atoms with van der Waals surface area (Å²) in [4.78, 5) is 14.3. The Balaban J connectivity index is 1.59. The lowest BCUT2D eigenvalue weighted by Crippen LogP contribution is -2.35. The van der Waals surface area contributed by atoms with Crippen molar-refractivity contribution in [2.75, 3.05) is 13.6 Å². The number of rotatable bonds is 4. The van der Waals surface area contributed by atoms with E-state index in [0.29, 0.717) is 5.92 Å². The molecule has 1 amide bonds. The van der Waals surface area contributed by atoms with Crippen LogP contribution in [0.25, 0.3) is 0 Å². The summed E-state index contributed by atoms with van der Waals surface area (Å²) in [5.74, 6) is 2.50. The second-order valence-corrected chi connectivity index (χ2v) is 6.86. The van der Waals surface area contributed by atoms with E-state index in [4.69, 9.17) is 11.6 Å². The van der Waals surface area contributed by atoms with Crippen LogP contribution in [0.4, 0.5) is 0 Å². The highest BCUT2D eigenvalue weighted by molar-refractivity contribution is 6.30. The van der Waals surface area contributed by atoms with Crippen LogP contribution in [0.3, 0.4) is 0 Å². The van der Waals surface area contributed by atoms with Crippen LogP contribution in [0.15, 0.2) is 30.3 Å². The molecule has 0 saturated heterocycles. The molecule has 2 nitrogen and oxygen atoms in total. The molecular formula is C17H22ClNO. The number of alkyl halides is 1. The van der Waals surface area contributed by atoms with E-state index in [9.17, 15) is 4.79 Å². The number of hydrogen-bond donors (Lipinski definition) is 0. The first kappa shape index (κ1) is 13.9. The first-order valence-corrected chi connectivity index (χ1v) is 8.02. The Hall–Kier alpha value is -1.02. The quantitative estimate of drug-likeness (QED) is 0.771. The van der Waals surface area contributed by atoms with Crippen molar-refractivity contribution in [1.82, 2.24) is 4.90 Å². The van der Waals surface area contributed by atoms with E-state index >= 15 is 0 Å². The van der Waals surface area contributed by atoms with Crippen LogP contribution < -0.4 is 0 Å². The molecule has 1 aromatic rings. The molecule has 2 saturated carbocycles. The van der Waals surface area contributed by atoms with E-state index in [2.05, 4.69) is 0 Å². The number of carbonyl (C=O) groups is 1. The van der Waals surface area contributed by atoms with Gasteiger partial charge >= 0.3 is 0 Å². The number of likely N-dealkylation sites (N-methyl/N-ethyl adjacent to an activating group) is 1. The van der Waals surface area contributed by atoms with Crippen molar-refractivity contribution in [3.05, 3.63) is 35.9 Å². The van der Waals surface area contributed by atoms with Crippen molar-refractivity contribution in [2.24, 2.45) is 17.8 Å². The van der Waals surface area contributed by atoms with Gasteiger partial charge < -0.3 is 4.90 Å². The van der Waals surface area contributed by atoms with E-state index in [0.717, 1.165) is 23.9 Å². The van der Waals surface area contributed by atoms with E-state index in [1.54, 1.807) is 0 Å². The SMILES string of the molecule is CN(CC1CC2CCC1C2)C(=O)C(Cl)c1ccccc1. The molecular weight excluding hydrogens is 270 g/mol.